The van der Waals surface area contributed by atoms with Gasteiger partial charge in [-0.15, -0.1) is 0 Å². The normalized spacial score (nSPS) is 10.9. The Kier molecular flexibility index (Phi) is 9.49. The number of ether oxygens (including phenoxy) is 4. The molecule has 0 aromatic heterocycles. The minimum atomic E-state index is -0.715. The molecule has 0 fully saturated rings. The van der Waals surface area contributed by atoms with Crippen LogP contribution in [0.2, 0.25) is 0 Å². The van der Waals surface area contributed by atoms with Gasteiger partial charge in [-0.3, -0.25) is 0 Å². The molecule has 0 amide bonds. The first kappa shape index (κ1) is 18.3. The summed E-state index contributed by atoms with van der Waals surface area (Å²) in [4.78, 5) is 0. The fraction of sp³-hybridized carbons (Fsp3) is 0.571. The second-order valence-corrected chi connectivity index (χ2v) is 4.65. The lowest BCUT2D eigenvalue weighted by Gasteiger charge is -2.10. The predicted molar refractivity (Wildman–Crippen MR) is 78.0 cm³/mol. The highest BCUT2D eigenvalue weighted by Crippen LogP contribution is 2.24. The molecule has 1 aromatic carbocycles. The van der Waals surface area contributed by atoms with E-state index in [1.807, 2.05) is 0 Å². The minimum Gasteiger partial charge on any atom is -0.485 e. The van der Waals surface area contributed by atoms with Gasteiger partial charge in [-0.1, -0.05) is 15.9 Å². The average Bonchev–Trinajstić information content (AvgIpc) is 2.47. The summed E-state index contributed by atoms with van der Waals surface area (Å²) in [6.07, 6.45) is 0. The van der Waals surface area contributed by atoms with Crippen LogP contribution < -0.4 is 4.74 Å². The summed E-state index contributed by atoms with van der Waals surface area (Å²) in [6, 6.07) is 2.47. The molecule has 7 heteroatoms. The largest absolute Gasteiger partial charge is 0.485 e. The quantitative estimate of drug-likeness (QED) is 0.444. The number of rotatable bonds is 11. The Balaban J connectivity index is 2.18. The second-order valence-electron chi connectivity index (χ2n) is 4.09. The molecule has 0 unspecified atom stereocenters. The highest BCUT2D eigenvalue weighted by molar-refractivity contribution is 9.08. The van der Waals surface area contributed by atoms with Crippen molar-refractivity contribution < 1.29 is 27.7 Å². The average molecular weight is 369 g/mol. The van der Waals surface area contributed by atoms with Gasteiger partial charge in [0.05, 0.1) is 33.0 Å². The molecule has 0 heterocycles. The van der Waals surface area contributed by atoms with Crippen LogP contribution in [0, 0.1) is 11.6 Å². The summed E-state index contributed by atoms with van der Waals surface area (Å²) in [5.41, 5.74) is 0.516. The van der Waals surface area contributed by atoms with E-state index >= 15 is 0 Å². The fourth-order valence-electron chi connectivity index (χ4n) is 1.49. The molecule has 1 rings (SSSR count). The number of halogens is 3. The summed E-state index contributed by atoms with van der Waals surface area (Å²) in [5, 5.41) is 0.382. The topological polar surface area (TPSA) is 36.9 Å². The first-order valence-corrected chi connectivity index (χ1v) is 7.62. The van der Waals surface area contributed by atoms with Crippen molar-refractivity contribution >= 4 is 15.9 Å². The van der Waals surface area contributed by atoms with E-state index < -0.39 is 11.6 Å². The van der Waals surface area contributed by atoms with Crippen molar-refractivity contribution in [3.8, 4) is 5.75 Å². The van der Waals surface area contributed by atoms with Gasteiger partial charge >= 0.3 is 0 Å². The van der Waals surface area contributed by atoms with Crippen LogP contribution in [0.4, 0.5) is 8.78 Å². The summed E-state index contributed by atoms with van der Waals surface area (Å²) in [6.45, 7) is 2.16. The first-order chi connectivity index (χ1) is 10.2. The van der Waals surface area contributed by atoms with E-state index in [2.05, 4.69) is 15.9 Å². The minimum absolute atomic E-state index is 0.0690. The lowest BCUT2D eigenvalue weighted by molar-refractivity contribution is 0.0174. The lowest BCUT2D eigenvalue weighted by Crippen LogP contribution is -2.13. The van der Waals surface area contributed by atoms with Crippen molar-refractivity contribution in [1.82, 2.24) is 0 Å². The third-order valence-electron chi connectivity index (χ3n) is 2.49. The van der Waals surface area contributed by atoms with Crippen molar-refractivity contribution in [2.24, 2.45) is 0 Å². The molecule has 0 aliphatic rings. The molecular weight excluding hydrogens is 350 g/mol. The molecule has 1 aromatic rings. The van der Waals surface area contributed by atoms with Gasteiger partial charge in [0.1, 0.15) is 6.61 Å². The van der Waals surface area contributed by atoms with E-state index in [0.29, 0.717) is 37.3 Å². The Morgan fingerprint density at radius 2 is 1.43 bits per heavy atom. The smallest absolute Gasteiger partial charge is 0.190 e. The molecule has 4 nitrogen and oxygen atoms in total. The van der Waals surface area contributed by atoms with Crippen LogP contribution in [0.15, 0.2) is 12.1 Å². The van der Waals surface area contributed by atoms with Crippen molar-refractivity contribution in [3.05, 3.63) is 29.3 Å². The van der Waals surface area contributed by atoms with Gasteiger partial charge in [0, 0.05) is 12.4 Å². The maximum Gasteiger partial charge on any atom is 0.190 e. The van der Waals surface area contributed by atoms with Crippen LogP contribution in [-0.4, -0.2) is 46.8 Å². The molecule has 0 aliphatic carbocycles. The van der Waals surface area contributed by atoms with Gasteiger partial charge in [0.25, 0.3) is 0 Å². The van der Waals surface area contributed by atoms with Crippen molar-refractivity contribution in [2.45, 2.75) is 5.33 Å². The predicted octanol–water partition coefficient (Wildman–Crippen LogP) is 2.92. The van der Waals surface area contributed by atoms with Crippen LogP contribution >= 0.6 is 15.9 Å². The van der Waals surface area contributed by atoms with E-state index in [0.717, 1.165) is 0 Å². The molecule has 0 aliphatic heterocycles. The molecule has 0 saturated heterocycles. The zero-order valence-electron chi connectivity index (χ0n) is 11.9. The number of benzene rings is 1. The van der Waals surface area contributed by atoms with Gasteiger partial charge < -0.3 is 18.9 Å². The van der Waals surface area contributed by atoms with E-state index in [4.69, 9.17) is 18.9 Å². The zero-order valence-corrected chi connectivity index (χ0v) is 13.5. The Morgan fingerprint density at radius 3 is 1.95 bits per heavy atom. The second kappa shape index (κ2) is 10.9. The highest BCUT2D eigenvalue weighted by atomic mass is 79.9. The molecule has 0 saturated carbocycles. The van der Waals surface area contributed by atoms with Crippen molar-refractivity contribution in [2.75, 3.05) is 46.8 Å². The molecule has 120 valence electrons. The van der Waals surface area contributed by atoms with Gasteiger partial charge in [-0.05, 0) is 17.7 Å². The van der Waals surface area contributed by atoms with Gasteiger partial charge in [0.15, 0.2) is 17.4 Å². The van der Waals surface area contributed by atoms with Crippen LogP contribution in [0.5, 0.6) is 5.75 Å². The highest BCUT2D eigenvalue weighted by Gasteiger charge is 2.12. The third-order valence-corrected chi connectivity index (χ3v) is 3.14. The lowest BCUT2D eigenvalue weighted by atomic mass is 10.2. The standard InChI is InChI=1S/C14H19BrF2O4/c1-18-2-3-19-4-5-20-6-7-21-14-12(16)8-11(10-15)9-13(14)17/h8-9H,2-7,10H2,1H3. The van der Waals surface area contributed by atoms with E-state index in [9.17, 15) is 8.78 Å². The number of hydrogen-bond acceptors (Lipinski definition) is 4. The summed E-state index contributed by atoms with van der Waals surface area (Å²) >= 11 is 3.14. The molecule has 0 bridgehead atoms. The van der Waals surface area contributed by atoms with E-state index in [1.165, 1.54) is 12.1 Å². The van der Waals surface area contributed by atoms with Crippen molar-refractivity contribution in [3.63, 3.8) is 0 Å². The molecule has 0 atom stereocenters. The molecule has 0 radical (unpaired) electrons. The van der Waals surface area contributed by atoms with Gasteiger partial charge in [-0.2, -0.15) is 0 Å². The maximum absolute atomic E-state index is 13.6. The first-order valence-electron chi connectivity index (χ1n) is 6.50. The number of hydrogen-bond donors (Lipinski definition) is 0. The Morgan fingerprint density at radius 1 is 0.905 bits per heavy atom. The molecule has 0 spiro atoms. The van der Waals surface area contributed by atoms with Gasteiger partial charge in [0.2, 0.25) is 0 Å². The van der Waals surface area contributed by atoms with Gasteiger partial charge in [-0.25, -0.2) is 8.78 Å². The van der Waals surface area contributed by atoms with Crippen LogP contribution in [0.1, 0.15) is 5.56 Å². The Hall–Kier alpha value is -0.760. The Bertz CT molecular complexity index is 395. The number of alkyl halides is 1. The SMILES string of the molecule is COCCOCCOCCOc1c(F)cc(CBr)cc1F. The maximum atomic E-state index is 13.6. The molecule has 21 heavy (non-hydrogen) atoms. The monoisotopic (exact) mass is 368 g/mol. The summed E-state index contributed by atoms with van der Waals surface area (Å²) < 4.78 is 47.5. The third kappa shape index (κ3) is 7.17. The molecular formula is C14H19BrF2O4. The zero-order chi connectivity index (χ0) is 15.5. The van der Waals surface area contributed by atoms with E-state index in [-0.39, 0.29) is 19.0 Å². The molecule has 0 N–H and O–H groups in total. The van der Waals surface area contributed by atoms with Crippen LogP contribution in [-0.2, 0) is 19.5 Å². The van der Waals surface area contributed by atoms with E-state index in [1.54, 1.807) is 7.11 Å². The van der Waals surface area contributed by atoms with Crippen LogP contribution in [0.25, 0.3) is 0 Å². The Labute approximate surface area is 131 Å². The summed E-state index contributed by atoms with van der Waals surface area (Å²) in [7, 11) is 1.60. The van der Waals surface area contributed by atoms with Crippen LogP contribution in [0.3, 0.4) is 0 Å². The number of methoxy groups -OCH3 is 1. The summed E-state index contributed by atoms with van der Waals surface area (Å²) in [5.74, 6) is -1.81. The fourth-order valence-corrected chi connectivity index (χ4v) is 1.82. The van der Waals surface area contributed by atoms with Crippen molar-refractivity contribution in [1.29, 1.82) is 0 Å².